The number of fused-ring (bicyclic) bond motifs is 1. The summed E-state index contributed by atoms with van der Waals surface area (Å²) in [5, 5.41) is 6.24. The number of para-hydroxylation sites is 1. The fourth-order valence-electron chi connectivity index (χ4n) is 3.58. The van der Waals surface area contributed by atoms with Gasteiger partial charge in [-0.2, -0.15) is 0 Å². The van der Waals surface area contributed by atoms with Crippen LogP contribution in [0.5, 0.6) is 0 Å². The molecule has 0 aliphatic carbocycles. The third-order valence-corrected chi connectivity index (χ3v) is 6.09. The topological polar surface area (TPSA) is 68.0 Å². The molecule has 158 valence electrons. The molecule has 3 aromatic heterocycles. The summed E-state index contributed by atoms with van der Waals surface area (Å²) in [6.45, 7) is 4.34. The number of carbonyl (C=O) groups is 1. The third kappa shape index (κ3) is 3.92. The number of nitrogens with zero attached hydrogens (tertiary/aromatic N) is 2. The van der Waals surface area contributed by atoms with Crippen molar-refractivity contribution in [1.82, 2.24) is 9.97 Å². The van der Waals surface area contributed by atoms with Gasteiger partial charge in [-0.15, -0.1) is 11.3 Å². The summed E-state index contributed by atoms with van der Waals surface area (Å²) in [6, 6.07) is 21.4. The predicted molar refractivity (Wildman–Crippen MR) is 129 cm³/mol. The predicted octanol–water partition coefficient (Wildman–Crippen LogP) is 6.99. The summed E-state index contributed by atoms with van der Waals surface area (Å²) in [4.78, 5) is 22.5. The van der Waals surface area contributed by atoms with Crippen molar-refractivity contribution in [3.8, 4) is 22.7 Å². The van der Waals surface area contributed by atoms with Gasteiger partial charge < -0.3 is 4.42 Å². The lowest BCUT2D eigenvalue weighted by molar-refractivity contribution is 0.102. The molecule has 0 spiro atoms. The van der Waals surface area contributed by atoms with Crippen molar-refractivity contribution < 1.29 is 9.21 Å². The van der Waals surface area contributed by atoms with E-state index < -0.39 is 0 Å². The minimum Gasteiger partial charge on any atom is -0.463 e. The zero-order valence-electron chi connectivity index (χ0n) is 17.7. The fourth-order valence-corrected chi connectivity index (χ4v) is 4.30. The second kappa shape index (κ2) is 8.40. The van der Waals surface area contributed by atoms with Crippen molar-refractivity contribution in [3.05, 3.63) is 89.5 Å². The van der Waals surface area contributed by atoms with Gasteiger partial charge in [0.1, 0.15) is 5.69 Å². The number of carbonyl (C=O) groups excluding carboxylic acids is 1. The van der Waals surface area contributed by atoms with Crippen molar-refractivity contribution in [1.29, 1.82) is 0 Å². The number of rotatable bonds is 5. The molecule has 1 amide bonds. The van der Waals surface area contributed by atoms with Gasteiger partial charge >= 0.3 is 0 Å². The Balaban J connectivity index is 1.44. The van der Waals surface area contributed by atoms with Crippen LogP contribution in [0.1, 0.15) is 35.7 Å². The molecule has 0 fully saturated rings. The van der Waals surface area contributed by atoms with Crippen LogP contribution in [0.25, 0.3) is 33.6 Å². The largest absolute Gasteiger partial charge is 0.463 e. The van der Waals surface area contributed by atoms with E-state index in [1.807, 2.05) is 35.7 Å². The van der Waals surface area contributed by atoms with Gasteiger partial charge in [0.2, 0.25) is 0 Å². The van der Waals surface area contributed by atoms with E-state index in [9.17, 15) is 4.79 Å². The highest BCUT2D eigenvalue weighted by Crippen LogP contribution is 2.29. The molecule has 3 heterocycles. The summed E-state index contributed by atoms with van der Waals surface area (Å²) in [7, 11) is 0. The number of furan rings is 1. The molecule has 0 radical (unpaired) electrons. The van der Waals surface area contributed by atoms with Gasteiger partial charge in [-0.3, -0.25) is 10.1 Å². The van der Waals surface area contributed by atoms with Crippen LogP contribution in [0, 0.1) is 0 Å². The number of pyridine rings is 1. The van der Waals surface area contributed by atoms with E-state index in [1.165, 1.54) is 16.9 Å². The van der Waals surface area contributed by atoms with Crippen LogP contribution in [-0.2, 0) is 0 Å². The molecule has 5 rings (SSSR count). The Morgan fingerprint density at radius 3 is 2.53 bits per heavy atom. The van der Waals surface area contributed by atoms with Crippen LogP contribution >= 0.6 is 11.3 Å². The molecule has 0 saturated carbocycles. The van der Waals surface area contributed by atoms with E-state index in [4.69, 9.17) is 4.42 Å². The summed E-state index contributed by atoms with van der Waals surface area (Å²) >= 11 is 1.41. The average molecular weight is 440 g/mol. The maximum absolute atomic E-state index is 13.2. The molecule has 32 heavy (non-hydrogen) atoms. The number of nitrogens with one attached hydrogen (secondary N) is 1. The van der Waals surface area contributed by atoms with Gasteiger partial charge in [-0.1, -0.05) is 56.3 Å². The van der Waals surface area contributed by atoms with E-state index >= 15 is 0 Å². The Labute approximate surface area is 189 Å². The zero-order chi connectivity index (χ0) is 22.1. The van der Waals surface area contributed by atoms with Crippen LogP contribution in [0.2, 0.25) is 0 Å². The highest BCUT2D eigenvalue weighted by molar-refractivity contribution is 7.14. The van der Waals surface area contributed by atoms with Crippen LogP contribution < -0.4 is 5.32 Å². The zero-order valence-corrected chi connectivity index (χ0v) is 18.5. The van der Waals surface area contributed by atoms with Gasteiger partial charge in [0, 0.05) is 16.3 Å². The first-order chi connectivity index (χ1) is 15.6. The van der Waals surface area contributed by atoms with Crippen molar-refractivity contribution >= 4 is 33.3 Å². The highest BCUT2D eigenvalue weighted by atomic mass is 32.1. The van der Waals surface area contributed by atoms with E-state index in [1.54, 1.807) is 18.4 Å². The van der Waals surface area contributed by atoms with Gasteiger partial charge in [-0.05, 0) is 35.7 Å². The Kier molecular flexibility index (Phi) is 5.29. The third-order valence-electron chi connectivity index (χ3n) is 5.33. The molecular formula is C26H21N3O2S. The van der Waals surface area contributed by atoms with E-state index in [0.29, 0.717) is 28.1 Å². The lowest BCUT2D eigenvalue weighted by atomic mass is 10.0. The van der Waals surface area contributed by atoms with E-state index in [2.05, 4.69) is 53.4 Å². The van der Waals surface area contributed by atoms with Gasteiger partial charge in [0.25, 0.3) is 5.91 Å². The Morgan fingerprint density at radius 1 is 0.969 bits per heavy atom. The SMILES string of the molecule is CC(C)c1ccc(-c2csc(NC(=O)c3cc(-c4ccco4)nc4ccccc34)n2)cc1. The molecule has 5 nitrogen and oxygen atoms in total. The van der Waals surface area contributed by atoms with E-state index in [0.717, 1.165) is 22.2 Å². The summed E-state index contributed by atoms with van der Waals surface area (Å²) < 4.78 is 5.49. The molecule has 0 atom stereocenters. The minimum absolute atomic E-state index is 0.229. The van der Waals surface area contributed by atoms with Crippen molar-refractivity contribution in [2.24, 2.45) is 0 Å². The van der Waals surface area contributed by atoms with Gasteiger partial charge in [-0.25, -0.2) is 9.97 Å². The van der Waals surface area contributed by atoms with Crippen LogP contribution in [-0.4, -0.2) is 15.9 Å². The van der Waals surface area contributed by atoms with E-state index in [-0.39, 0.29) is 5.91 Å². The Hall–Kier alpha value is -3.77. The summed E-state index contributed by atoms with van der Waals surface area (Å²) in [5.74, 6) is 0.870. The molecule has 2 aromatic carbocycles. The maximum atomic E-state index is 13.2. The normalized spacial score (nSPS) is 11.2. The molecule has 0 aliphatic rings. The Morgan fingerprint density at radius 2 is 1.78 bits per heavy atom. The van der Waals surface area contributed by atoms with Crippen LogP contribution in [0.4, 0.5) is 5.13 Å². The molecular weight excluding hydrogens is 418 g/mol. The molecule has 0 aliphatic heterocycles. The van der Waals surface area contributed by atoms with Gasteiger partial charge in [0.15, 0.2) is 10.9 Å². The Bertz CT molecular complexity index is 1390. The first-order valence-electron chi connectivity index (χ1n) is 10.4. The van der Waals surface area contributed by atoms with Crippen molar-refractivity contribution in [2.45, 2.75) is 19.8 Å². The maximum Gasteiger partial charge on any atom is 0.258 e. The number of hydrogen-bond acceptors (Lipinski definition) is 5. The number of aromatic nitrogens is 2. The molecule has 1 N–H and O–H groups in total. The number of thiazole rings is 1. The van der Waals surface area contributed by atoms with Crippen molar-refractivity contribution in [2.75, 3.05) is 5.32 Å². The molecule has 6 heteroatoms. The number of anilines is 1. The first-order valence-corrected chi connectivity index (χ1v) is 11.3. The van der Waals surface area contributed by atoms with Gasteiger partial charge in [0.05, 0.1) is 23.0 Å². The molecule has 5 aromatic rings. The molecule has 0 bridgehead atoms. The minimum atomic E-state index is -0.229. The average Bonchev–Trinajstić information content (AvgIpc) is 3.51. The molecule has 0 unspecified atom stereocenters. The lowest BCUT2D eigenvalue weighted by Crippen LogP contribution is -2.13. The number of amides is 1. The second-order valence-electron chi connectivity index (χ2n) is 7.82. The summed E-state index contributed by atoms with van der Waals surface area (Å²) in [6.07, 6.45) is 1.59. The molecule has 0 saturated heterocycles. The standard InChI is InChI=1S/C26H21N3O2S/c1-16(2)17-9-11-18(12-10-17)23-15-32-26(28-23)29-25(30)20-14-22(24-8-5-13-31-24)27-21-7-4-3-6-19(20)21/h3-16H,1-2H3,(H,28,29,30). The quantitative estimate of drug-likeness (QED) is 0.320. The monoisotopic (exact) mass is 439 g/mol. The number of hydrogen-bond donors (Lipinski definition) is 1. The fraction of sp³-hybridized carbons (Fsp3) is 0.115. The highest BCUT2D eigenvalue weighted by Gasteiger charge is 2.16. The number of benzene rings is 2. The van der Waals surface area contributed by atoms with Crippen molar-refractivity contribution in [3.63, 3.8) is 0 Å². The first kappa shape index (κ1) is 20.2. The smallest absolute Gasteiger partial charge is 0.258 e. The second-order valence-corrected chi connectivity index (χ2v) is 8.68. The summed E-state index contributed by atoms with van der Waals surface area (Å²) in [5.41, 5.74) is 5.03. The van der Waals surface area contributed by atoms with Crippen LogP contribution in [0.15, 0.2) is 82.8 Å². The van der Waals surface area contributed by atoms with Crippen LogP contribution in [0.3, 0.4) is 0 Å². The lowest BCUT2D eigenvalue weighted by Gasteiger charge is -2.08.